The highest BCUT2D eigenvalue weighted by atomic mass is 35.5. The van der Waals surface area contributed by atoms with Crippen LogP contribution in [0.2, 0.25) is 10.0 Å². The maximum Gasteiger partial charge on any atom is 0.314 e. The second-order valence-corrected chi connectivity index (χ2v) is 6.03. The molecule has 6 heteroatoms. The summed E-state index contributed by atoms with van der Waals surface area (Å²) in [6.45, 7) is 4.00. The van der Waals surface area contributed by atoms with Gasteiger partial charge >= 0.3 is 11.8 Å². The number of hydrogen-bond acceptors (Lipinski definition) is 2. The van der Waals surface area contributed by atoms with Crippen LogP contribution < -0.4 is 10.6 Å². The zero-order valence-corrected chi connectivity index (χ0v) is 15.0. The van der Waals surface area contributed by atoms with Crippen molar-refractivity contribution >= 4 is 46.4 Å². The number of anilines is 2. The summed E-state index contributed by atoms with van der Waals surface area (Å²) < 4.78 is 0. The zero-order valence-electron chi connectivity index (χ0n) is 13.5. The van der Waals surface area contributed by atoms with Crippen LogP contribution in [0.15, 0.2) is 36.4 Å². The van der Waals surface area contributed by atoms with Crippen molar-refractivity contribution in [3.63, 3.8) is 0 Å². The molecule has 0 saturated carbocycles. The van der Waals surface area contributed by atoms with Crippen molar-refractivity contribution in [2.45, 2.75) is 26.7 Å². The number of nitrogens with one attached hydrogen (secondary N) is 2. The smallest absolute Gasteiger partial charge is 0.314 e. The lowest BCUT2D eigenvalue weighted by Crippen LogP contribution is -2.30. The van der Waals surface area contributed by atoms with Gasteiger partial charge in [0.1, 0.15) is 0 Å². The van der Waals surface area contributed by atoms with Crippen molar-refractivity contribution in [3.8, 4) is 0 Å². The Hall–Kier alpha value is -2.04. The number of aryl methyl sites for hydroxylation is 2. The molecule has 0 radical (unpaired) electrons. The maximum atomic E-state index is 12.2. The van der Waals surface area contributed by atoms with Crippen LogP contribution >= 0.6 is 23.2 Å². The van der Waals surface area contributed by atoms with Gasteiger partial charge in [-0.3, -0.25) is 9.59 Å². The Kier molecular flexibility index (Phi) is 6.23. The third-order valence-corrected chi connectivity index (χ3v) is 4.17. The molecule has 2 amide bonds. The fraction of sp³-hybridized carbons (Fsp3) is 0.222. The largest absolute Gasteiger partial charge is 0.317 e. The Morgan fingerprint density at radius 2 is 1.50 bits per heavy atom. The number of amides is 2. The average Bonchev–Trinajstić information content (AvgIpc) is 2.57. The minimum atomic E-state index is -0.785. The molecule has 2 N–H and O–H groups in total. The highest BCUT2D eigenvalue weighted by Gasteiger charge is 2.18. The van der Waals surface area contributed by atoms with Gasteiger partial charge in [-0.2, -0.15) is 0 Å². The van der Waals surface area contributed by atoms with Gasteiger partial charge in [-0.1, -0.05) is 55.2 Å². The molecule has 0 atom stereocenters. The van der Waals surface area contributed by atoms with E-state index in [0.717, 1.165) is 24.0 Å². The number of carbonyl (C=O) groups excluding carboxylic acids is 2. The van der Waals surface area contributed by atoms with Crippen LogP contribution in [0.1, 0.15) is 25.0 Å². The summed E-state index contributed by atoms with van der Waals surface area (Å²) in [6, 6.07) is 10.4. The van der Waals surface area contributed by atoms with Gasteiger partial charge in [-0.15, -0.1) is 0 Å². The highest BCUT2D eigenvalue weighted by molar-refractivity contribution is 6.45. The first kappa shape index (κ1) is 18.3. The van der Waals surface area contributed by atoms with E-state index in [2.05, 4.69) is 10.6 Å². The van der Waals surface area contributed by atoms with Gasteiger partial charge in [0, 0.05) is 10.7 Å². The Morgan fingerprint density at radius 3 is 2.04 bits per heavy atom. The van der Waals surface area contributed by atoms with Crippen LogP contribution in [0, 0.1) is 0 Å². The SMILES string of the molecule is CCc1cccc(CC)c1NC(=O)C(=O)Nc1ccc(Cl)cc1Cl. The summed E-state index contributed by atoms with van der Waals surface area (Å²) >= 11 is 11.8. The first-order valence-electron chi connectivity index (χ1n) is 7.64. The van der Waals surface area contributed by atoms with E-state index in [1.807, 2.05) is 32.0 Å². The molecule has 0 aliphatic heterocycles. The van der Waals surface area contributed by atoms with Crippen LogP contribution in [0.25, 0.3) is 0 Å². The quantitative estimate of drug-likeness (QED) is 0.772. The lowest BCUT2D eigenvalue weighted by molar-refractivity contribution is -0.133. The molecule has 126 valence electrons. The number of benzene rings is 2. The zero-order chi connectivity index (χ0) is 17.7. The van der Waals surface area contributed by atoms with Crippen molar-refractivity contribution < 1.29 is 9.59 Å². The Bertz CT molecular complexity index is 753. The second-order valence-electron chi connectivity index (χ2n) is 5.19. The Morgan fingerprint density at radius 1 is 0.917 bits per heavy atom. The molecule has 0 saturated heterocycles. The van der Waals surface area contributed by atoms with Gasteiger partial charge in [-0.25, -0.2) is 0 Å². The van der Waals surface area contributed by atoms with E-state index in [1.165, 1.54) is 6.07 Å². The number of rotatable bonds is 4. The normalized spacial score (nSPS) is 10.3. The maximum absolute atomic E-state index is 12.2. The molecule has 2 aromatic rings. The van der Waals surface area contributed by atoms with Crippen molar-refractivity contribution in [3.05, 3.63) is 57.6 Å². The van der Waals surface area contributed by atoms with Crippen molar-refractivity contribution in [1.82, 2.24) is 0 Å². The summed E-state index contributed by atoms with van der Waals surface area (Å²) in [5.41, 5.74) is 3.01. The molecule has 2 rings (SSSR count). The van der Waals surface area contributed by atoms with E-state index in [4.69, 9.17) is 23.2 Å². The Balaban J connectivity index is 2.16. The minimum Gasteiger partial charge on any atom is -0.317 e. The number of carbonyl (C=O) groups is 2. The predicted octanol–water partition coefficient (Wildman–Crippen LogP) is 4.70. The molecule has 0 aliphatic rings. The summed E-state index contributed by atoms with van der Waals surface area (Å²) in [4.78, 5) is 24.4. The molecule has 0 aliphatic carbocycles. The fourth-order valence-corrected chi connectivity index (χ4v) is 2.80. The molecule has 0 aromatic heterocycles. The van der Waals surface area contributed by atoms with Crippen LogP contribution in [0.4, 0.5) is 11.4 Å². The molecule has 0 bridgehead atoms. The van der Waals surface area contributed by atoms with Gasteiger partial charge in [0.25, 0.3) is 0 Å². The summed E-state index contributed by atoms with van der Waals surface area (Å²) in [6.07, 6.45) is 1.52. The monoisotopic (exact) mass is 364 g/mol. The summed E-state index contributed by atoms with van der Waals surface area (Å²) in [5.74, 6) is -1.52. The first-order valence-corrected chi connectivity index (χ1v) is 8.40. The van der Waals surface area contributed by atoms with Crippen molar-refractivity contribution in [2.75, 3.05) is 10.6 Å². The lowest BCUT2D eigenvalue weighted by atomic mass is 10.0. The minimum absolute atomic E-state index is 0.270. The van der Waals surface area contributed by atoms with Gasteiger partial charge < -0.3 is 10.6 Å². The lowest BCUT2D eigenvalue weighted by Gasteiger charge is -2.14. The van der Waals surface area contributed by atoms with Gasteiger partial charge in [0.05, 0.1) is 10.7 Å². The molecular formula is C18H18Cl2N2O2. The van der Waals surface area contributed by atoms with Crippen LogP contribution in [-0.4, -0.2) is 11.8 Å². The second kappa shape index (κ2) is 8.18. The highest BCUT2D eigenvalue weighted by Crippen LogP contribution is 2.26. The summed E-state index contributed by atoms with van der Waals surface area (Å²) in [5, 5.41) is 5.92. The molecule has 0 spiro atoms. The van der Waals surface area contributed by atoms with E-state index in [0.29, 0.717) is 16.4 Å². The predicted molar refractivity (Wildman–Crippen MR) is 98.9 cm³/mol. The molecule has 0 fully saturated rings. The molecule has 4 nitrogen and oxygen atoms in total. The molecular weight excluding hydrogens is 347 g/mol. The standard InChI is InChI=1S/C18H18Cl2N2O2/c1-3-11-6-5-7-12(4-2)16(11)22-18(24)17(23)21-15-9-8-13(19)10-14(15)20/h5-10H,3-4H2,1-2H3,(H,21,23)(H,22,24). The van der Waals surface area contributed by atoms with E-state index < -0.39 is 11.8 Å². The number of para-hydroxylation sites is 1. The summed E-state index contributed by atoms with van der Waals surface area (Å²) in [7, 11) is 0. The van der Waals surface area contributed by atoms with E-state index in [1.54, 1.807) is 12.1 Å². The molecule has 24 heavy (non-hydrogen) atoms. The van der Waals surface area contributed by atoms with Crippen LogP contribution in [0.5, 0.6) is 0 Å². The van der Waals surface area contributed by atoms with Gasteiger partial charge in [-0.05, 0) is 42.2 Å². The third-order valence-electron chi connectivity index (χ3n) is 3.62. The number of hydrogen-bond donors (Lipinski definition) is 2. The fourth-order valence-electron chi connectivity index (χ4n) is 2.34. The van der Waals surface area contributed by atoms with Gasteiger partial charge in [0.2, 0.25) is 0 Å². The van der Waals surface area contributed by atoms with Gasteiger partial charge in [0.15, 0.2) is 0 Å². The van der Waals surface area contributed by atoms with E-state index in [-0.39, 0.29) is 5.02 Å². The first-order chi connectivity index (χ1) is 11.5. The van der Waals surface area contributed by atoms with Crippen LogP contribution in [-0.2, 0) is 22.4 Å². The topological polar surface area (TPSA) is 58.2 Å². The molecule has 0 unspecified atom stereocenters. The average molecular weight is 365 g/mol. The molecule has 2 aromatic carbocycles. The molecule has 0 heterocycles. The van der Waals surface area contributed by atoms with Crippen LogP contribution in [0.3, 0.4) is 0 Å². The van der Waals surface area contributed by atoms with Crippen molar-refractivity contribution in [1.29, 1.82) is 0 Å². The van der Waals surface area contributed by atoms with Crippen molar-refractivity contribution in [2.24, 2.45) is 0 Å². The van der Waals surface area contributed by atoms with E-state index >= 15 is 0 Å². The van der Waals surface area contributed by atoms with E-state index in [9.17, 15) is 9.59 Å². The number of halogens is 2. The Labute approximate surface area is 151 Å². The third kappa shape index (κ3) is 4.28.